The lowest BCUT2D eigenvalue weighted by Gasteiger charge is -2.09. The van der Waals surface area contributed by atoms with Gasteiger partial charge in [0.05, 0.1) is 0 Å². The molecule has 2 aromatic rings. The van der Waals surface area contributed by atoms with Gasteiger partial charge in [-0.2, -0.15) is 0 Å². The molecule has 0 aliphatic rings. The van der Waals surface area contributed by atoms with Crippen LogP contribution in [-0.2, 0) is 6.61 Å². The topological polar surface area (TPSA) is 35.2 Å². The number of aryl methyl sites for hydroxylation is 1. The lowest BCUT2D eigenvalue weighted by molar-refractivity contribution is 0.289. The Kier molecular flexibility index (Phi) is 3.28. The van der Waals surface area contributed by atoms with Crippen LogP contribution in [0.2, 0.25) is 0 Å². The summed E-state index contributed by atoms with van der Waals surface area (Å²) in [4.78, 5) is 0. The molecule has 0 radical (unpaired) electrons. The SMILES string of the molecule is Cc1ccccc1COc1ccc(N)cc1F. The van der Waals surface area contributed by atoms with Gasteiger partial charge >= 0.3 is 0 Å². The number of nitrogen functional groups attached to an aromatic ring is 1. The summed E-state index contributed by atoms with van der Waals surface area (Å²) in [6.45, 7) is 2.35. The van der Waals surface area contributed by atoms with E-state index in [1.807, 2.05) is 31.2 Å². The van der Waals surface area contributed by atoms with E-state index in [1.54, 1.807) is 12.1 Å². The van der Waals surface area contributed by atoms with Crippen LogP contribution in [-0.4, -0.2) is 0 Å². The highest BCUT2D eigenvalue weighted by atomic mass is 19.1. The minimum atomic E-state index is -0.432. The second-order valence-electron chi connectivity index (χ2n) is 3.91. The van der Waals surface area contributed by atoms with Gasteiger partial charge in [0.15, 0.2) is 11.6 Å². The highest BCUT2D eigenvalue weighted by Gasteiger charge is 2.04. The molecule has 17 heavy (non-hydrogen) atoms. The van der Waals surface area contributed by atoms with Crippen molar-refractivity contribution in [3.63, 3.8) is 0 Å². The molecule has 0 heterocycles. The van der Waals surface area contributed by atoms with Crippen LogP contribution >= 0.6 is 0 Å². The Morgan fingerprint density at radius 3 is 2.65 bits per heavy atom. The van der Waals surface area contributed by atoms with E-state index in [0.717, 1.165) is 11.1 Å². The van der Waals surface area contributed by atoms with Gasteiger partial charge in [-0.1, -0.05) is 24.3 Å². The fourth-order valence-corrected chi connectivity index (χ4v) is 1.56. The molecule has 0 bridgehead atoms. The van der Waals surface area contributed by atoms with Crippen LogP contribution in [0.3, 0.4) is 0 Å². The largest absolute Gasteiger partial charge is 0.486 e. The van der Waals surface area contributed by atoms with Crippen LogP contribution in [0, 0.1) is 12.7 Å². The van der Waals surface area contributed by atoms with Crippen molar-refractivity contribution in [1.82, 2.24) is 0 Å². The molecule has 88 valence electrons. The molecule has 3 heteroatoms. The first kappa shape index (κ1) is 11.5. The van der Waals surface area contributed by atoms with Crippen molar-refractivity contribution in [3.05, 3.63) is 59.4 Å². The number of hydrogen-bond donors (Lipinski definition) is 1. The van der Waals surface area contributed by atoms with Crippen molar-refractivity contribution >= 4 is 5.69 Å². The third-order valence-electron chi connectivity index (χ3n) is 2.60. The Labute approximate surface area is 99.8 Å². The zero-order valence-electron chi connectivity index (χ0n) is 9.61. The predicted molar refractivity (Wildman–Crippen MR) is 66.3 cm³/mol. The molecule has 0 aromatic heterocycles. The van der Waals surface area contributed by atoms with Gasteiger partial charge in [0.1, 0.15) is 6.61 Å². The average molecular weight is 231 g/mol. The highest BCUT2D eigenvalue weighted by molar-refractivity contribution is 5.42. The molecule has 0 atom stereocenters. The molecule has 0 amide bonds. The number of halogens is 1. The summed E-state index contributed by atoms with van der Waals surface area (Å²) in [5.41, 5.74) is 8.03. The fraction of sp³-hybridized carbons (Fsp3) is 0.143. The van der Waals surface area contributed by atoms with Crippen LogP contribution in [0.5, 0.6) is 5.75 Å². The van der Waals surface area contributed by atoms with Crippen LogP contribution in [0.4, 0.5) is 10.1 Å². The Morgan fingerprint density at radius 2 is 1.94 bits per heavy atom. The standard InChI is InChI=1S/C14H14FNO/c1-10-4-2-3-5-11(10)9-17-14-7-6-12(16)8-13(14)15/h2-8H,9,16H2,1H3. The van der Waals surface area contributed by atoms with Crippen LogP contribution in [0.15, 0.2) is 42.5 Å². The van der Waals surface area contributed by atoms with Gasteiger partial charge in [-0.3, -0.25) is 0 Å². The summed E-state index contributed by atoms with van der Waals surface area (Å²) in [5, 5.41) is 0. The fourth-order valence-electron chi connectivity index (χ4n) is 1.56. The minimum absolute atomic E-state index is 0.224. The lowest BCUT2D eigenvalue weighted by Crippen LogP contribution is -1.99. The monoisotopic (exact) mass is 231 g/mol. The quantitative estimate of drug-likeness (QED) is 0.822. The first-order valence-electron chi connectivity index (χ1n) is 5.39. The van der Waals surface area contributed by atoms with E-state index in [9.17, 15) is 4.39 Å². The van der Waals surface area contributed by atoms with Crippen molar-refractivity contribution in [2.45, 2.75) is 13.5 Å². The van der Waals surface area contributed by atoms with Gasteiger partial charge in [0, 0.05) is 11.8 Å². The van der Waals surface area contributed by atoms with Gasteiger partial charge < -0.3 is 10.5 Å². The number of benzene rings is 2. The molecule has 0 fully saturated rings. The first-order valence-corrected chi connectivity index (χ1v) is 5.39. The molecular formula is C14H14FNO. The Morgan fingerprint density at radius 1 is 1.18 bits per heavy atom. The summed E-state index contributed by atoms with van der Waals surface area (Å²) >= 11 is 0. The molecule has 0 aliphatic carbocycles. The van der Waals surface area contributed by atoms with Crippen molar-refractivity contribution in [2.24, 2.45) is 0 Å². The van der Waals surface area contributed by atoms with Gasteiger partial charge in [0.2, 0.25) is 0 Å². The molecule has 2 rings (SSSR count). The molecule has 0 spiro atoms. The first-order chi connectivity index (χ1) is 8.16. The molecular weight excluding hydrogens is 217 g/mol. The normalized spacial score (nSPS) is 10.2. The van der Waals surface area contributed by atoms with Gasteiger partial charge in [-0.25, -0.2) is 4.39 Å². The Balaban J connectivity index is 2.10. The molecule has 2 N–H and O–H groups in total. The zero-order valence-corrected chi connectivity index (χ0v) is 9.61. The minimum Gasteiger partial charge on any atom is -0.486 e. The maximum Gasteiger partial charge on any atom is 0.167 e. The molecule has 0 unspecified atom stereocenters. The number of ether oxygens (including phenoxy) is 1. The van der Waals surface area contributed by atoms with Crippen LogP contribution < -0.4 is 10.5 Å². The molecule has 2 aromatic carbocycles. The van der Waals surface area contributed by atoms with Crippen molar-refractivity contribution in [3.8, 4) is 5.75 Å². The molecule has 2 nitrogen and oxygen atoms in total. The van der Waals surface area contributed by atoms with E-state index in [4.69, 9.17) is 10.5 Å². The summed E-state index contributed by atoms with van der Waals surface area (Å²) in [6, 6.07) is 12.3. The van der Waals surface area contributed by atoms with Gasteiger partial charge in [-0.05, 0) is 30.2 Å². The van der Waals surface area contributed by atoms with E-state index in [0.29, 0.717) is 12.3 Å². The molecule has 0 saturated heterocycles. The van der Waals surface area contributed by atoms with Gasteiger partial charge in [-0.15, -0.1) is 0 Å². The third-order valence-corrected chi connectivity index (χ3v) is 2.60. The maximum atomic E-state index is 13.4. The van der Waals surface area contributed by atoms with Crippen LogP contribution in [0.25, 0.3) is 0 Å². The van der Waals surface area contributed by atoms with E-state index in [-0.39, 0.29) is 5.75 Å². The van der Waals surface area contributed by atoms with Gasteiger partial charge in [0.25, 0.3) is 0 Å². The molecule has 0 aliphatic heterocycles. The second kappa shape index (κ2) is 4.87. The summed E-state index contributed by atoms with van der Waals surface area (Å²) in [7, 11) is 0. The maximum absolute atomic E-state index is 13.4. The summed E-state index contributed by atoms with van der Waals surface area (Å²) in [6.07, 6.45) is 0. The number of rotatable bonds is 3. The van der Waals surface area contributed by atoms with Crippen molar-refractivity contribution in [2.75, 3.05) is 5.73 Å². The van der Waals surface area contributed by atoms with E-state index < -0.39 is 5.82 Å². The highest BCUT2D eigenvalue weighted by Crippen LogP contribution is 2.21. The average Bonchev–Trinajstić information content (AvgIpc) is 2.30. The zero-order chi connectivity index (χ0) is 12.3. The Bertz CT molecular complexity index is 525. The second-order valence-corrected chi connectivity index (χ2v) is 3.91. The number of nitrogens with two attached hydrogens (primary N) is 1. The number of anilines is 1. The third kappa shape index (κ3) is 2.75. The Hall–Kier alpha value is -2.03. The molecule has 0 saturated carbocycles. The predicted octanol–water partition coefficient (Wildman–Crippen LogP) is 3.30. The van der Waals surface area contributed by atoms with Crippen molar-refractivity contribution in [1.29, 1.82) is 0 Å². The van der Waals surface area contributed by atoms with Crippen LogP contribution in [0.1, 0.15) is 11.1 Å². The van der Waals surface area contributed by atoms with E-state index in [1.165, 1.54) is 6.07 Å². The summed E-state index contributed by atoms with van der Waals surface area (Å²) in [5.74, 6) is -0.207. The number of hydrogen-bond acceptors (Lipinski definition) is 2. The van der Waals surface area contributed by atoms with E-state index >= 15 is 0 Å². The van der Waals surface area contributed by atoms with E-state index in [2.05, 4.69) is 0 Å². The summed E-state index contributed by atoms with van der Waals surface area (Å²) < 4.78 is 18.9. The smallest absolute Gasteiger partial charge is 0.167 e. The van der Waals surface area contributed by atoms with Crippen molar-refractivity contribution < 1.29 is 9.13 Å². The lowest BCUT2D eigenvalue weighted by atomic mass is 10.1.